The molecule has 4 rings (SSSR count). The molecule has 34 heavy (non-hydrogen) atoms. The van der Waals surface area contributed by atoms with Crippen molar-refractivity contribution in [3.8, 4) is 0 Å². The van der Waals surface area contributed by atoms with Crippen molar-refractivity contribution < 1.29 is 14.4 Å². The van der Waals surface area contributed by atoms with Crippen LogP contribution >= 0.6 is 98.5 Å². The summed E-state index contributed by atoms with van der Waals surface area (Å²) in [5.74, 6) is -1.94. The lowest BCUT2D eigenvalue weighted by atomic mass is 10.1. The van der Waals surface area contributed by atoms with Crippen LogP contribution in [0.25, 0.3) is 0 Å². The van der Waals surface area contributed by atoms with Crippen molar-refractivity contribution in [1.82, 2.24) is 10.0 Å². The highest BCUT2D eigenvalue weighted by atomic mass is 79.9. The molecule has 3 amide bonds. The maximum Gasteiger partial charge on any atom is 0.282 e. The van der Waals surface area contributed by atoms with Crippen LogP contribution in [0.1, 0.15) is 36.6 Å². The van der Waals surface area contributed by atoms with Gasteiger partial charge in [0, 0.05) is 38.5 Å². The maximum absolute atomic E-state index is 13.6. The standard InChI is InChI=1S/C22H9Br4Cl3N2O3/c23-16-14-15(17(24)19(26)18(16)25)22(34)31(21(14)33)30(8-10-3-6-12(28)7-13(10)29)20(32)9-1-4-11(27)5-2-9/h1-7H,8H2. The highest BCUT2D eigenvalue weighted by Crippen LogP contribution is 2.45. The van der Waals surface area contributed by atoms with Crippen molar-refractivity contribution in [2.75, 3.05) is 0 Å². The highest BCUT2D eigenvalue weighted by Gasteiger charge is 2.45. The Balaban J connectivity index is 1.86. The lowest BCUT2D eigenvalue weighted by Gasteiger charge is -2.30. The molecule has 0 fully saturated rings. The summed E-state index contributed by atoms with van der Waals surface area (Å²) in [6, 6.07) is 10.9. The van der Waals surface area contributed by atoms with Crippen LogP contribution in [-0.4, -0.2) is 27.7 Å². The molecule has 0 N–H and O–H groups in total. The fourth-order valence-electron chi connectivity index (χ4n) is 3.34. The molecule has 12 heteroatoms. The van der Waals surface area contributed by atoms with E-state index < -0.39 is 17.7 Å². The van der Waals surface area contributed by atoms with Crippen molar-refractivity contribution in [2.24, 2.45) is 0 Å². The molecule has 3 aromatic carbocycles. The fraction of sp³-hybridized carbons (Fsp3) is 0.0455. The van der Waals surface area contributed by atoms with Crippen LogP contribution in [0.4, 0.5) is 0 Å². The van der Waals surface area contributed by atoms with Gasteiger partial charge in [-0.2, -0.15) is 5.01 Å². The zero-order chi connectivity index (χ0) is 24.9. The number of nitrogens with zero attached hydrogens (tertiary/aromatic N) is 2. The first-order chi connectivity index (χ1) is 16.0. The molecular weight excluding hydrogens is 766 g/mol. The second-order valence-corrected chi connectivity index (χ2v) is 11.5. The van der Waals surface area contributed by atoms with Crippen LogP contribution in [-0.2, 0) is 6.54 Å². The van der Waals surface area contributed by atoms with Gasteiger partial charge in [0.2, 0.25) is 0 Å². The van der Waals surface area contributed by atoms with Crippen molar-refractivity contribution in [1.29, 1.82) is 0 Å². The van der Waals surface area contributed by atoms with Gasteiger partial charge in [-0.25, -0.2) is 5.01 Å². The average Bonchev–Trinajstić information content (AvgIpc) is 3.06. The number of fused-ring (bicyclic) bond motifs is 1. The molecule has 0 aromatic heterocycles. The first-order valence-corrected chi connectivity index (χ1v) is 13.6. The summed E-state index contributed by atoms with van der Waals surface area (Å²) < 4.78 is 1.83. The zero-order valence-electron chi connectivity index (χ0n) is 16.5. The summed E-state index contributed by atoms with van der Waals surface area (Å²) in [5, 5.41) is 3.01. The van der Waals surface area contributed by atoms with Crippen LogP contribution in [0, 0.1) is 0 Å². The van der Waals surface area contributed by atoms with E-state index in [2.05, 4.69) is 63.7 Å². The maximum atomic E-state index is 13.6. The van der Waals surface area contributed by atoms with E-state index in [1.165, 1.54) is 18.2 Å². The Morgan fingerprint density at radius 1 is 0.765 bits per heavy atom. The number of halogens is 7. The SMILES string of the molecule is O=C(c1ccc(Cl)cc1)N(Cc1ccc(Cl)cc1Cl)N1C(=O)c2c(Br)c(Br)c(Br)c(Br)c2C1=O. The van der Waals surface area contributed by atoms with Crippen LogP contribution in [0.15, 0.2) is 60.4 Å². The molecule has 0 aliphatic carbocycles. The monoisotopic (exact) mass is 770 g/mol. The third-order valence-electron chi connectivity index (χ3n) is 4.98. The Morgan fingerprint density at radius 2 is 1.26 bits per heavy atom. The number of hydrogen-bond donors (Lipinski definition) is 0. The number of imide groups is 1. The Hall–Kier alpha value is -0.940. The van der Waals surface area contributed by atoms with E-state index in [4.69, 9.17) is 34.8 Å². The van der Waals surface area contributed by atoms with E-state index in [1.54, 1.807) is 24.3 Å². The predicted molar refractivity (Wildman–Crippen MR) is 146 cm³/mol. The molecule has 0 atom stereocenters. The Labute approximate surface area is 242 Å². The van der Waals surface area contributed by atoms with Crippen molar-refractivity contribution in [3.63, 3.8) is 0 Å². The number of amides is 3. The molecule has 0 unspecified atom stereocenters. The van der Waals surface area contributed by atoms with Crippen molar-refractivity contribution >= 4 is 116 Å². The van der Waals surface area contributed by atoms with E-state index in [0.717, 1.165) is 10.0 Å². The molecule has 1 aliphatic heterocycles. The van der Waals surface area contributed by atoms with Crippen LogP contribution in [0.3, 0.4) is 0 Å². The molecule has 0 spiro atoms. The topological polar surface area (TPSA) is 57.7 Å². The molecule has 0 saturated heterocycles. The van der Waals surface area contributed by atoms with Gasteiger partial charge in [-0.05, 0) is 106 Å². The minimum atomic E-state index is -0.673. The molecule has 3 aromatic rings. The van der Waals surface area contributed by atoms with Crippen molar-refractivity contribution in [2.45, 2.75) is 6.54 Å². The first kappa shape index (κ1) is 26.1. The van der Waals surface area contributed by atoms with Crippen LogP contribution in [0.2, 0.25) is 15.1 Å². The largest absolute Gasteiger partial charge is 0.282 e. The van der Waals surface area contributed by atoms with E-state index >= 15 is 0 Å². The third-order valence-corrected chi connectivity index (χ3v) is 10.6. The third kappa shape index (κ3) is 4.61. The summed E-state index contributed by atoms with van der Waals surface area (Å²) in [5.41, 5.74) is 0.947. The summed E-state index contributed by atoms with van der Waals surface area (Å²) in [7, 11) is 0. The minimum absolute atomic E-state index is 0.114. The number of carbonyl (C=O) groups is 3. The molecular formula is C22H9Br4Cl3N2O3. The fourth-order valence-corrected chi connectivity index (χ4v) is 6.39. The normalized spacial score (nSPS) is 12.9. The van der Waals surface area contributed by atoms with Gasteiger partial charge >= 0.3 is 0 Å². The van der Waals surface area contributed by atoms with Crippen LogP contribution in [0.5, 0.6) is 0 Å². The van der Waals surface area contributed by atoms with Crippen molar-refractivity contribution in [3.05, 3.63) is 97.7 Å². The van der Waals surface area contributed by atoms with E-state index in [9.17, 15) is 14.4 Å². The number of hydrogen-bond acceptors (Lipinski definition) is 3. The number of rotatable bonds is 4. The Bertz CT molecular complexity index is 1340. The van der Waals surface area contributed by atoms with Gasteiger partial charge < -0.3 is 0 Å². The lowest BCUT2D eigenvalue weighted by Crippen LogP contribution is -2.49. The zero-order valence-corrected chi connectivity index (χ0v) is 25.1. The summed E-state index contributed by atoms with van der Waals surface area (Å²) in [6.07, 6.45) is 0. The van der Waals surface area contributed by atoms with E-state index in [-0.39, 0.29) is 28.3 Å². The molecule has 5 nitrogen and oxygen atoms in total. The van der Waals surface area contributed by atoms with Gasteiger partial charge in [0.1, 0.15) is 0 Å². The number of benzene rings is 3. The van der Waals surface area contributed by atoms with Gasteiger partial charge in [0.25, 0.3) is 17.7 Å². The smallest absolute Gasteiger partial charge is 0.267 e. The van der Waals surface area contributed by atoms with Gasteiger partial charge in [-0.1, -0.05) is 40.9 Å². The van der Waals surface area contributed by atoms with Crippen LogP contribution < -0.4 is 0 Å². The Kier molecular flexibility index (Phi) is 7.84. The molecule has 0 saturated carbocycles. The minimum Gasteiger partial charge on any atom is -0.267 e. The van der Waals surface area contributed by atoms with Gasteiger partial charge in [0.05, 0.1) is 17.7 Å². The summed E-state index contributed by atoms with van der Waals surface area (Å²) in [6.45, 7) is -0.166. The predicted octanol–water partition coefficient (Wildman–Crippen LogP) is 8.55. The average molecular weight is 775 g/mol. The van der Waals surface area contributed by atoms with Gasteiger partial charge in [-0.3, -0.25) is 14.4 Å². The molecule has 0 radical (unpaired) electrons. The second kappa shape index (κ2) is 10.2. The van der Waals surface area contributed by atoms with E-state index in [0.29, 0.717) is 33.5 Å². The Morgan fingerprint density at radius 3 is 1.76 bits per heavy atom. The molecule has 1 aliphatic rings. The second-order valence-electron chi connectivity index (χ2n) is 7.03. The number of carbonyl (C=O) groups excluding carboxylic acids is 3. The van der Waals surface area contributed by atoms with Gasteiger partial charge in [-0.15, -0.1) is 0 Å². The molecule has 174 valence electrons. The van der Waals surface area contributed by atoms with Gasteiger partial charge in [0.15, 0.2) is 0 Å². The number of hydrazine groups is 1. The molecule has 1 heterocycles. The summed E-state index contributed by atoms with van der Waals surface area (Å²) in [4.78, 5) is 40.7. The van der Waals surface area contributed by atoms with E-state index in [1.807, 2.05) is 0 Å². The summed E-state index contributed by atoms with van der Waals surface area (Å²) >= 11 is 31.9. The quantitative estimate of drug-likeness (QED) is 0.152. The first-order valence-electron chi connectivity index (χ1n) is 9.29. The lowest BCUT2D eigenvalue weighted by molar-refractivity contribution is 0.000829. The molecule has 0 bridgehead atoms. The highest BCUT2D eigenvalue weighted by molar-refractivity contribution is 9.15.